The van der Waals surface area contributed by atoms with Crippen molar-refractivity contribution >= 4 is 41.0 Å². The minimum absolute atomic E-state index is 0.0371. The molecule has 188 valence electrons. The Labute approximate surface area is 209 Å². The van der Waals surface area contributed by atoms with Crippen LogP contribution in [0.3, 0.4) is 0 Å². The van der Waals surface area contributed by atoms with Crippen molar-refractivity contribution in [2.75, 3.05) is 48.3 Å². The average molecular weight is 491 g/mol. The van der Waals surface area contributed by atoms with Crippen LogP contribution in [0.15, 0.2) is 24.5 Å². The minimum atomic E-state index is -1.39. The van der Waals surface area contributed by atoms with E-state index in [1.165, 1.54) is 7.05 Å². The van der Waals surface area contributed by atoms with Gasteiger partial charge in [0.2, 0.25) is 23.7 Å². The molecule has 1 atom stereocenters. The van der Waals surface area contributed by atoms with Gasteiger partial charge in [-0.2, -0.15) is 4.98 Å². The van der Waals surface area contributed by atoms with Gasteiger partial charge in [0.15, 0.2) is 0 Å². The van der Waals surface area contributed by atoms with Crippen molar-refractivity contribution in [1.29, 1.82) is 0 Å². The summed E-state index contributed by atoms with van der Waals surface area (Å²) in [6.07, 6.45) is 7.21. The van der Waals surface area contributed by atoms with Crippen LogP contribution >= 0.6 is 0 Å². The summed E-state index contributed by atoms with van der Waals surface area (Å²) in [6, 6.07) is 3.88. The second-order valence-corrected chi connectivity index (χ2v) is 10.1. The van der Waals surface area contributed by atoms with Crippen LogP contribution in [0.25, 0.3) is 0 Å². The molecule has 6 rings (SSSR count). The number of carbonyl (C=O) groups is 3. The monoisotopic (exact) mass is 490 g/mol. The standard InChI is InChI=1S/C25H30N8O3/c1-31-20(34)13-25(22(31)35)12-16-14-28-24(30-21(16)33(23(25)36)18-4-2-3-5-18)29-17-6-7-19(27-15-17)32-10-8-26-9-11-32/h6-7,14-15,18,26H,2-5,8-13H2,1H3,(H,28,29,30). The first kappa shape index (κ1) is 22.8. The molecule has 1 spiro atoms. The van der Waals surface area contributed by atoms with Crippen LogP contribution in [0.2, 0.25) is 0 Å². The predicted octanol–water partition coefficient (Wildman–Crippen LogP) is 1.23. The topological polar surface area (TPSA) is 124 Å². The minimum Gasteiger partial charge on any atom is -0.354 e. The number of hydrogen-bond donors (Lipinski definition) is 2. The zero-order valence-electron chi connectivity index (χ0n) is 20.4. The molecular weight excluding hydrogens is 460 g/mol. The molecule has 11 heteroatoms. The van der Waals surface area contributed by atoms with Crippen molar-refractivity contribution in [3.63, 3.8) is 0 Å². The van der Waals surface area contributed by atoms with Crippen molar-refractivity contribution in [2.45, 2.75) is 44.6 Å². The van der Waals surface area contributed by atoms with Crippen LogP contribution in [0, 0.1) is 5.41 Å². The average Bonchev–Trinajstić information content (AvgIpc) is 3.50. The molecule has 3 aliphatic heterocycles. The van der Waals surface area contributed by atoms with Gasteiger partial charge in [-0.05, 0) is 25.0 Å². The lowest BCUT2D eigenvalue weighted by Crippen LogP contribution is -2.56. The third-order valence-electron chi connectivity index (χ3n) is 7.87. The highest BCUT2D eigenvalue weighted by Crippen LogP contribution is 2.46. The van der Waals surface area contributed by atoms with Gasteiger partial charge >= 0.3 is 0 Å². The molecule has 11 nitrogen and oxygen atoms in total. The van der Waals surface area contributed by atoms with Gasteiger partial charge in [-0.3, -0.25) is 24.2 Å². The molecule has 2 saturated heterocycles. The van der Waals surface area contributed by atoms with Crippen molar-refractivity contribution in [2.24, 2.45) is 5.41 Å². The predicted molar refractivity (Wildman–Crippen MR) is 133 cm³/mol. The summed E-state index contributed by atoms with van der Waals surface area (Å²) in [5, 5.41) is 6.55. The first-order valence-corrected chi connectivity index (χ1v) is 12.7. The molecule has 2 N–H and O–H groups in total. The molecule has 4 aliphatic rings. The molecule has 3 fully saturated rings. The molecule has 3 amide bonds. The first-order valence-electron chi connectivity index (χ1n) is 12.7. The Hall–Kier alpha value is -3.60. The van der Waals surface area contributed by atoms with E-state index in [0.717, 1.165) is 73.8 Å². The van der Waals surface area contributed by atoms with Crippen LogP contribution in [0.4, 0.5) is 23.3 Å². The van der Waals surface area contributed by atoms with Gasteiger partial charge in [0.25, 0.3) is 0 Å². The number of anilines is 4. The number of nitrogens with one attached hydrogen (secondary N) is 2. The Morgan fingerprint density at radius 2 is 1.78 bits per heavy atom. The normalized spacial score (nSPS) is 24.7. The summed E-state index contributed by atoms with van der Waals surface area (Å²) in [5.41, 5.74) is 0.0810. The number of pyridine rings is 1. The third kappa shape index (κ3) is 3.69. The lowest BCUT2D eigenvalue weighted by atomic mass is 9.76. The van der Waals surface area contributed by atoms with E-state index in [9.17, 15) is 14.4 Å². The molecular formula is C25H30N8O3. The highest BCUT2D eigenvalue weighted by atomic mass is 16.2. The van der Waals surface area contributed by atoms with E-state index in [1.807, 2.05) is 12.1 Å². The van der Waals surface area contributed by atoms with E-state index < -0.39 is 11.3 Å². The lowest BCUT2D eigenvalue weighted by molar-refractivity contribution is -0.144. The third-order valence-corrected chi connectivity index (χ3v) is 7.87. The van der Waals surface area contributed by atoms with Gasteiger partial charge in [0.05, 0.1) is 18.3 Å². The molecule has 5 heterocycles. The molecule has 0 bridgehead atoms. The van der Waals surface area contributed by atoms with E-state index in [-0.39, 0.29) is 30.7 Å². The Morgan fingerprint density at radius 1 is 1.00 bits per heavy atom. The Balaban J connectivity index is 1.30. The number of piperazine rings is 1. The summed E-state index contributed by atoms with van der Waals surface area (Å²) < 4.78 is 0. The largest absolute Gasteiger partial charge is 0.354 e. The first-order chi connectivity index (χ1) is 17.5. The van der Waals surface area contributed by atoms with Gasteiger partial charge in [-0.25, -0.2) is 9.97 Å². The fourth-order valence-electron chi connectivity index (χ4n) is 5.88. The number of amides is 3. The number of rotatable bonds is 4. The highest BCUT2D eigenvalue weighted by Gasteiger charge is 2.60. The summed E-state index contributed by atoms with van der Waals surface area (Å²) in [6.45, 7) is 3.73. The molecule has 0 radical (unpaired) electrons. The highest BCUT2D eigenvalue weighted by molar-refractivity contribution is 6.21. The molecule has 2 aromatic heterocycles. The van der Waals surface area contributed by atoms with E-state index in [1.54, 1.807) is 17.3 Å². The zero-order valence-corrected chi connectivity index (χ0v) is 20.4. The van der Waals surface area contributed by atoms with E-state index in [4.69, 9.17) is 4.98 Å². The van der Waals surface area contributed by atoms with Gasteiger partial charge in [0, 0.05) is 57.4 Å². The quantitative estimate of drug-likeness (QED) is 0.481. The maximum Gasteiger partial charge on any atom is 0.245 e. The second kappa shape index (κ2) is 8.81. The second-order valence-electron chi connectivity index (χ2n) is 10.1. The van der Waals surface area contributed by atoms with Crippen LogP contribution in [-0.2, 0) is 20.8 Å². The van der Waals surface area contributed by atoms with Gasteiger partial charge in [-0.15, -0.1) is 0 Å². The van der Waals surface area contributed by atoms with Crippen molar-refractivity contribution in [3.05, 3.63) is 30.1 Å². The van der Waals surface area contributed by atoms with Gasteiger partial charge in [-0.1, -0.05) is 12.8 Å². The lowest BCUT2D eigenvalue weighted by Gasteiger charge is -2.40. The fourth-order valence-corrected chi connectivity index (χ4v) is 5.88. The van der Waals surface area contributed by atoms with Crippen LogP contribution in [0.1, 0.15) is 37.7 Å². The SMILES string of the molecule is CN1C(=O)CC2(Cc3cnc(Nc4ccc(N5CCNCC5)nc4)nc3N(C3CCCC3)C2=O)C1=O. The summed E-state index contributed by atoms with van der Waals surface area (Å²) in [7, 11) is 1.45. The fraction of sp³-hybridized carbons (Fsp3) is 0.520. The van der Waals surface area contributed by atoms with Crippen molar-refractivity contribution in [3.8, 4) is 0 Å². The Kier molecular flexibility index (Phi) is 5.59. The van der Waals surface area contributed by atoms with Crippen molar-refractivity contribution in [1.82, 2.24) is 25.2 Å². The number of hydrogen-bond acceptors (Lipinski definition) is 9. The smallest absolute Gasteiger partial charge is 0.245 e. The molecule has 2 aromatic rings. The number of aromatic nitrogens is 3. The summed E-state index contributed by atoms with van der Waals surface area (Å²) >= 11 is 0. The number of imide groups is 1. The van der Waals surface area contributed by atoms with E-state index in [0.29, 0.717) is 11.8 Å². The van der Waals surface area contributed by atoms with Crippen LogP contribution in [0.5, 0.6) is 0 Å². The number of nitrogens with zero attached hydrogens (tertiary/aromatic N) is 6. The molecule has 36 heavy (non-hydrogen) atoms. The van der Waals surface area contributed by atoms with E-state index >= 15 is 0 Å². The molecule has 1 aliphatic carbocycles. The van der Waals surface area contributed by atoms with Gasteiger partial charge < -0.3 is 15.5 Å². The maximum atomic E-state index is 13.9. The van der Waals surface area contributed by atoms with E-state index in [2.05, 4.69) is 25.5 Å². The van der Waals surface area contributed by atoms with Crippen molar-refractivity contribution < 1.29 is 14.4 Å². The Morgan fingerprint density at radius 3 is 2.44 bits per heavy atom. The zero-order chi connectivity index (χ0) is 24.9. The number of fused-ring (bicyclic) bond motifs is 1. The number of likely N-dealkylation sites (tertiary alicyclic amines) is 1. The molecule has 1 saturated carbocycles. The molecule has 1 unspecified atom stereocenters. The Bertz CT molecular complexity index is 1210. The summed E-state index contributed by atoms with van der Waals surface area (Å²) in [4.78, 5) is 58.2. The van der Waals surface area contributed by atoms with Crippen LogP contribution < -0.4 is 20.4 Å². The summed E-state index contributed by atoms with van der Waals surface area (Å²) in [5.74, 6) is 0.773. The van der Waals surface area contributed by atoms with Crippen LogP contribution in [-0.4, -0.2) is 76.8 Å². The van der Waals surface area contributed by atoms with Gasteiger partial charge in [0.1, 0.15) is 17.1 Å². The maximum absolute atomic E-state index is 13.9. The molecule has 0 aromatic carbocycles. The number of carbonyl (C=O) groups excluding carboxylic acids is 3.